The first-order valence-corrected chi connectivity index (χ1v) is 5.75. The Labute approximate surface area is 95.6 Å². The highest BCUT2D eigenvalue weighted by Gasteiger charge is 2.21. The molecular formula is C13H17NO2. The van der Waals surface area contributed by atoms with Gasteiger partial charge in [0.25, 0.3) is 0 Å². The molecule has 0 atom stereocenters. The van der Waals surface area contributed by atoms with Gasteiger partial charge in [-0.1, -0.05) is 12.1 Å². The summed E-state index contributed by atoms with van der Waals surface area (Å²) < 4.78 is 5.62. The summed E-state index contributed by atoms with van der Waals surface area (Å²) in [6, 6.07) is 7.36. The molecule has 0 radical (unpaired) electrons. The van der Waals surface area contributed by atoms with Gasteiger partial charge in [-0.15, -0.1) is 0 Å². The third-order valence-corrected chi connectivity index (χ3v) is 2.71. The molecule has 1 fully saturated rings. The van der Waals surface area contributed by atoms with Gasteiger partial charge < -0.3 is 10.5 Å². The minimum absolute atomic E-state index is 0.0828. The molecule has 0 unspecified atom stereocenters. The number of rotatable bonds is 6. The van der Waals surface area contributed by atoms with Crippen molar-refractivity contribution in [1.82, 2.24) is 0 Å². The Balaban J connectivity index is 1.97. The number of hydrogen-bond acceptors (Lipinski definition) is 3. The third-order valence-electron chi connectivity index (χ3n) is 2.71. The predicted molar refractivity (Wildman–Crippen MR) is 62.7 cm³/mol. The van der Waals surface area contributed by atoms with E-state index in [4.69, 9.17) is 10.5 Å². The van der Waals surface area contributed by atoms with Gasteiger partial charge in [-0.2, -0.15) is 0 Å². The second-order valence-corrected chi connectivity index (χ2v) is 4.24. The van der Waals surface area contributed by atoms with Crippen LogP contribution in [0.2, 0.25) is 0 Å². The first-order valence-electron chi connectivity index (χ1n) is 5.75. The minimum Gasteiger partial charge on any atom is -0.493 e. The van der Waals surface area contributed by atoms with E-state index in [2.05, 4.69) is 0 Å². The van der Waals surface area contributed by atoms with Crippen LogP contribution in [0.4, 0.5) is 0 Å². The van der Waals surface area contributed by atoms with Crippen molar-refractivity contribution in [3.63, 3.8) is 0 Å². The predicted octanol–water partition coefficient (Wildman–Crippen LogP) is 2.01. The Morgan fingerprint density at radius 1 is 1.44 bits per heavy atom. The average Bonchev–Trinajstić information content (AvgIpc) is 3.11. The molecule has 1 aliphatic carbocycles. The molecule has 2 rings (SSSR count). The molecule has 0 spiro atoms. The van der Waals surface area contributed by atoms with Crippen LogP contribution in [0.15, 0.2) is 24.3 Å². The van der Waals surface area contributed by atoms with Crippen molar-refractivity contribution < 1.29 is 9.53 Å². The van der Waals surface area contributed by atoms with Gasteiger partial charge in [0.15, 0.2) is 5.78 Å². The highest BCUT2D eigenvalue weighted by atomic mass is 16.5. The van der Waals surface area contributed by atoms with E-state index in [0.717, 1.165) is 18.3 Å². The van der Waals surface area contributed by atoms with Crippen molar-refractivity contribution in [1.29, 1.82) is 0 Å². The minimum atomic E-state index is 0.0828. The van der Waals surface area contributed by atoms with E-state index in [-0.39, 0.29) is 5.78 Å². The lowest BCUT2D eigenvalue weighted by Crippen LogP contribution is -2.08. The van der Waals surface area contributed by atoms with Crippen LogP contribution in [0.1, 0.15) is 29.6 Å². The highest BCUT2D eigenvalue weighted by Crippen LogP contribution is 2.29. The number of carbonyl (C=O) groups excluding carboxylic acids is 1. The van der Waals surface area contributed by atoms with Crippen LogP contribution >= 0.6 is 0 Å². The summed E-state index contributed by atoms with van der Waals surface area (Å²) >= 11 is 0. The lowest BCUT2D eigenvalue weighted by molar-refractivity contribution is 0.0985. The molecule has 2 N–H and O–H groups in total. The van der Waals surface area contributed by atoms with Gasteiger partial charge in [-0.05, 0) is 37.4 Å². The first-order chi connectivity index (χ1) is 7.79. The molecule has 3 nitrogen and oxygen atoms in total. The largest absolute Gasteiger partial charge is 0.493 e. The molecule has 3 heteroatoms. The summed E-state index contributed by atoms with van der Waals surface area (Å²) in [5.41, 5.74) is 6.05. The molecule has 1 aromatic rings. The summed E-state index contributed by atoms with van der Waals surface area (Å²) in [6.07, 6.45) is 2.93. The number of Topliss-reactive ketones (excluding diaryl/α,β-unsaturated/α-hetero) is 1. The summed E-state index contributed by atoms with van der Waals surface area (Å²) in [6.45, 7) is 1.17. The number of nitrogens with two attached hydrogens (primary N) is 1. The average molecular weight is 219 g/mol. The van der Waals surface area contributed by atoms with Crippen molar-refractivity contribution in [2.75, 3.05) is 13.2 Å². The fraction of sp³-hybridized carbons (Fsp3) is 0.462. The molecule has 0 heterocycles. The molecule has 0 saturated heterocycles. The molecule has 0 aromatic heterocycles. The molecule has 16 heavy (non-hydrogen) atoms. The van der Waals surface area contributed by atoms with E-state index in [9.17, 15) is 4.79 Å². The number of ether oxygens (including phenoxy) is 1. The fourth-order valence-electron chi connectivity index (χ4n) is 1.53. The van der Waals surface area contributed by atoms with Crippen LogP contribution in [0, 0.1) is 5.92 Å². The molecule has 0 bridgehead atoms. The summed E-state index contributed by atoms with van der Waals surface area (Å²) in [5, 5.41) is 0. The first kappa shape index (κ1) is 11.1. The van der Waals surface area contributed by atoms with Gasteiger partial charge in [-0.25, -0.2) is 0 Å². The third kappa shape index (κ3) is 3.07. The number of benzene rings is 1. The number of ketones is 1. The molecule has 1 aliphatic rings. The number of carbonyl (C=O) groups is 1. The Morgan fingerprint density at radius 2 is 2.25 bits per heavy atom. The Morgan fingerprint density at radius 3 is 2.94 bits per heavy atom. The Kier molecular flexibility index (Phi) is 3.57. The van der Waals surface area contributed by atoms with Gasteiger partial charge in [0.1, 0.15) is 5.75 Å². The smallest absolute Gasteiger partial charge is 0.164 e. The molecule has 86 valence electrons. The van der Waals surface area contributed by atoms with Crippen molar-refractivity contribution in [3.8, 4) is 5.75 Å². The van der Waals surface area contributed by atoms with Gasteiger partial charge in [0, 0.05) is 12.0 Å². The molecule has 1 saturated carbocycles. The zero-order valence-corrected chi connectivity index (χ0v) is 9.32. The van der Waals surface area contributed by atoms with Crippen LogP contribution < -0.4 is 10.5 Å². The van der Waals surface area contributed by atoms with Gasteiger partial charge >= 0.3 is 0 Å². The second kappa shape index (κ2) is 5.12. The van der Waals surface area contributed by atoms with Crippen molar-refractivity contribution in [2.24, 2.45) is 11.7 Å². The number of hydrogen-bond donors (Lipinski definition) is 1. The van der Waals surface area contributed by atoms with Crippen molar-refractivity contribution in [2.45, 2.75) is 19.3 Å². The summed E-state index contributed by atoms with van der Waals surface area (Å²) in [5.74, 6) is 1.59. The van der Waals surface area contributed by atoms with E-state index in [1.54, 1.807) is 6.07 Å². The zero-order valence-electron chi connectivity index (χ0n) is 9.32. The maximum absolute atomic E-state index is 11.6. The molecule has 0 aliphatic heterocycles. The Hall–Kier alpha value is -1.35. The SMILES string of the molecule is NCCC(=O)c1cccc(OCC2CC2)c1. The van der Waals surface area contributed by atoms with E-state index in [0.29, 0.717) is 18.5 Å². The van der Waals surface area contributed by atoms with Gasteiger partial charge in [0.05, 0.1) is 6.61 Å². The van der Waals surface area contributed by atoms with E-state index >= 15 is 0 Å². The van der Waals surface area contributed by atoms with Gasteiger partial charge in [0.2, 0.25) is 0 Å². The van der Waals surface area contributed by atoms with E-state index in [1.165, 1.54) is 12.8 Å². The Bertz CT molecular complexity index is 372. The standard InChI is InChI=1S/C13H17NO2/c14-7-6-13(15)11-2-1-3-12(8-11)16-9-10-4-5-10/h1-3,8,10H,4-7,9,14H2. The van der Waals surface area contributed by atoms with Crippen molar-refractivity contribution in [3.05, 3.63) is 29.8 Å². The monoisotopic (exact) mass is 219 g/mol. The fourth-order valence-corrected chi connectivity index (χ4v) is 1.53. The van der Waals surface area contributed by atoms with Crippen LogP contribution in [0.3, 0.4) is 0 Å². The van der Waals surface area contributed by atoms with Gasteiger partial charge in [-0.3, -0.25) is 4.79 Å². The molecule has 0 amide bonds. The normalized spacial score (nSPS) is 14.8. The summed E-state index contributed by atoms with van der Waals surface area (Å²) in [7, 11) is 0. The zero-order chi connectivity index (χ0) is 11.4. The second-order valence-electron chi connectivity index (χ2n) is 4.24. The van der Waals surface area contributed by atoms with E-state index < -0.39 is 0 Å². The van der Waals surface area contributed by atoms with Crippen molar-refractivity contribution >= 4 is 5.78 Å². The van der Waals surface area contributed by atoms with Crippen LogP contribution in [0.5, 0.6) is 5.75 Å². The molecule has 1 aromatic carbocycles. The topological polar surface area (TPSA) is 52.3 Å². The molecular weight excluding hydrogens is 202 g/mol. The van der Waals surface area contributed by atoms with E-state index in [1.807, 2.05) is 18.2 Å². The van der Waals surface area contributed by atoms with Crippen LogP contribution in [-0.4, -0.2) is 18.9 Å². The maximum atomic E-state index is 11.6. The maximum Gasteiger partial charge on any atom is 0.164 e. The quantitative estimate of drug-likeness (QED) is 0.744. The lowest BCUT2D eigenvalue weighted by Gasteiger charge is -2.06. The van der Waals surface area contributed by atoms with Crippen LogP contribution in [0.25, 0.3) is 0 Å². The lowest BCUT2D eigenvalue weighted by atomic mass is 10.1. The highest BCUT2D eigenvalue weighted by molar-refractivity contribution is 5.96. The summed E-state index contributed by atoms with van der Waals surface area (Å²) in [4.78, 5) is 11.6. The van der Waals surface area contributed by atoms with Crippen LogP contribution in [-0.2, 0) is 0 Å².